The largest absolute Gasteiger partial charge is 0.489 e. The number of ether oxygens (including phenoxy) is 1. The summed E-state index contributed by atoms with van der Waals surface area (Å²) in [6.07, 6.45) is 1.39. The van der Waals surface area contributed by atoms with Crippen molar-refractivity contribution in [1.82, 2.24) is 14.7 Å². The van der Waals surface area contributed by atoms with Crippen molar-refractivity contribution in [2.45, 2.75) is 25.5 Å². The van der Waals surface area contributed by atoms with E-state index in [2.05, 4.69) is 22.1 Å². The number of anilines is 1. The third kappa shape index (κ3) is 5.19. The molecule has 1 atom stereocenters. The van der Waals surface area contributed by atoms with Crippen LogP contribution in [0.15, 0.2) is 41.9 Å². The summed E-state index contributed by atoms with van der Waals surface area (Å²) in [4.78, 5) is 32.1. The van der Waals surface area contributed by atoms with E-state index >= 15 is 0 Å². The maximum atomic E-state index is 14.6. The molecule has 8 nitrogen and oxygen atoms in total. The molecule has 0 saturated carbocycles. The number of nitrogens with zero attached hydrogens (tertiary/aromatic N) is 3. The number of halogens is 3. The summed E-state index contributed by atoms with van der Waals surface area (Å²) in [5, 5.41) is 14.0. The zero-order chi connectivity index (χ0) is 28.1. The number of benzene rings is 2. The molecule has 0 fully saturated rings. The molecule has 4 aromatic rings. The van der Waals surface area contributed by atoms with Crippen LogP contribution in [-0.2, 0) is 4.79 Å². The second-order valence-electron chi connectivity index (χ2n) is 9.37. The van der Waals surface area contributed by atoms with Gasteiger partial charge < -0.3 is 20.1 Å². The predicted molar refractivity (Wildman–Crippen MR) is 138 cm³/mol. The van der Waals surface area contributed by atoms with Crippen LogP contribution >= 0.6 is 11.3 Å². The molecule has 2 aromatic heterocycles. The summed E-state index contributed by atoms with van der Waals surface area (Å²) in [5.74, 6) is 1.81. The second-order valence-corrected chi connectivity index (χ2v) is 10.2. The minimum absolute atomic E-state index is 0.0296. The van der Waals surface area contributed by atoms with Crippen molar-refractivity contribution < 1.29 is 32.6 Å². The van der Waals surface area contributed by atoms with Gasteiger partial charge in [0.25, 0.3) is 11.8 Å². The fourth-order valence-corrected chi connectivity index (χ4v) is 4.83. The molecule has 39 heavy (non-hydrogen) atoms. The number of hydrogen-bond acceptors (Lipinski definition) is 6. The molecular formula is C27H21F3N4O4S. The van der Waals surface area contributed by atoms with Crippen LogP contribution in [0.25, 0.3) is 16.2 Å². The molecule has 0 saturated heterocycles. The number of imidazole rings is 1. The SMILES string of the molecule is CN1C(=O)[C@@H](NC(=O)c2cn3c(-c4ccc(F)cc4F)csc3n2)COc2cc(F)c(C#CC(C)(C)O)cc21. The van der Waals surface area contributed by atoms with Crippen molar-refractivity contribution in [3.63, 3.8) is 0 Å². The zero-order valence-corrected chi connectivity index (χ0v) is 21.7. The molecule has 3 heterocycles. The third-order valence-corrected chi connectivity index (χ3v) is 6.74. The number of aliphatic hydroxyl groups is 1. The van der Waals surface area contributed by atoms with Crippen LogP contribution in [0.5, 0.6) is 5.75 Å². The lowest BCUT2D eigenvalue weighted by Gasteiger charge is -2.20. The Labute approximate surface area is 224 Å². The number of rotatable bonds is 3. The van der Waals surface area contributed by atoms with E-state index in [1.165, 1.54) is 48.5 Å². The molecule has 0 unspecified atom stereocenters. The topological polar surface area (TPSA) is 96.2 Å². The number of thiazole rings is 1. The summed E-state index contributed by atoms with van der Waals surface area (Å²) in [6, 6.07) is 4.50. The number of carbonyl (C=O) groups is 2. The van der Waals surface area contributed by atoms with E-state index < -0.39 is 40.9 Å². The van der Waals surface area contributed by atoms with E-state index in [0.717, 1.165) is 29.5 Å². The van der Waals surface area contributed by atoms with Gasteiger partial charge in [0.1, 0.15) is 47.1 Å². The Morgan fingerprint density at radius 3 is 2.72 bits per heavy atom. The molecule has 1 aliphatic rings. The van der Waals surface area contributed by atoms with Gasteiger partial charge in [0, 0.05) is 36.3 Å². The van der Waals surface area contributed by atoms with Crippen molar-refractivity contribution in [2.75, 3.05) is 18.6 Å². The van der Waals surface area contributed by atoms with Crippen LogP contribution in [0.1, 0.15) is 29.9 Å². The fraction of sp³-hybridized carbons (Fsp3) is 0.222. The first-order valence-electron chi connectivity index (χ1n) is 11.6. The Bertz CT molecular complexity index is 1700. The summed E-state index contributed by atoms with van der Waals surface area (Å²) in [5.41, 5.74) is -0.647. The monoisotopic (exact) mass is 554 g/mol. The fourth-order valence-electron chi connectivity index (χ4n) is 3.95. The van der Waals surface area contributed by atoms with Crippen LogP contribution < -0.4 is 15.0 Å². The highest BCUT2D eigenvalue weighted by Crippen LogP contribution is 2.33. The lowest BCUT2D eigenvalue weighted by molar-refractivity contribution is -0.120. The van der Waals surface area contributed by atoms with Crippen molar-refractivity contribution in [2.24, 2.45) is 0 Å². The highest BCUT2D eigenvalue weighted by atomic mass is 32.1. The summed E-state index contributed by atoms with van der Waals surface area (Å²) >= 11 is 1.16. The average Bonchev–Trinajstić information content (AvgIpc) is 3.43. The molecule has 0 aliphatic carbocycles. The van der Waals surface area contributed by atoms with Gasteiger partial charge >= 0.3 is 0 Å². The summed E-state index contributed by atoms with van der Waals surface area (Å²) in [7, 11) is 1.45. The first kappa shape index (κ1) is 26.3. The van der Waals surface area contributed by atoms with Gasteiger partial charge in [-0.1, -0.05) is 11.8 Å². The smallest absolute Gasteiger partial charge is 0.272 e. The average molecular weight is 555 g/mol. The Morgan fingerprint density at radius 1 is 1.23 bits per heavy atom. The lowest BCUT2D eigenvalue weighted by Crippen LogP contribution is -2.49. The Balaban J connectivity index is 1.38. The second kappa shape index (κ2) is 9.76. The number of likely N-dealkylation sites (N-methyl/N-ethyl adjacent to an activating group) is 1. The first-order chi connectivity index (χ1) is 18.4. The van der Waals surface area contributed by atoms with Gasteiger partial charge in [-0.3, -0.25) is 14.0 Å². The van der Waals surface area contributed by atoms with E-state index in [1.807, 2.05) is 0 Å². The minimum atomic E-state index is -1.34. The minimum Gasteiger partial charge on any atom is -0.489 e. The number of hydrogen-bond donors (Lipinski definition) is 2. The van der Waals surface area contributed by atoms with Crippen LogP contribution in [-0.4, -0.2) is 51.6 Å². The summed E-state index contributed by atoms with van der Waals surface area (Å²) in [6.45, 7) is 2.64. The van der Waals surface area contributed by atoms with Gasteiger partial charge in [0.15, 0.2) is 4.96 Å². The Hall–Kier alpha value is -4.34. The van der Waals surface area contributed by atoms with E-state index in [9.17, 15) is 27.9 Å². The van der Waals surface area contributed by atoms with Gasteiger partial charge in [-0.05, 0) is 32.0 Å². The highest BCUT2D eigenvalue weighted by Gasteiger charge is 2.32. The number of aromatic nitrogens is 2. The number of nitrogens with one attached hydrogen (secondary N) is 1. The summed E-state index contributed by atoms with van der Waals surface area (Å²) < 4.78 is 49.5. The standard InChI is InChI=1S/C27H21F3N4O4S/c1-27(2,37)7-6-14-8-21-23(10-17(14)29)38-12-20(25(36)33(21)3)31-24(35)19-11-34-22(13-39-26(34)32-19)16-5-4-15(28)9-18(16)30/h4-5,8-11,13,20,37H,12H2,1-3H3,(H,31,35)/t20-/m0/s1. The van der Waals surface area contributed by atoms with Gasteiger partial charge in [-0.25, -0.2) is 18.2 Å². The van der Waals surface area contributed by atoms with E-state index in [1.54, 1.807) is 5.38 Å². The number of carbonyl (C=O) groups excluding carboxylic acids is 2. The van der Waals surface area contributed by atoms with Gasteiger partial charge in [0.2, 0.25) is 0 Å². The maximum absolute atomic E-state index is 14.6. The van der Waals surface area contributed by atoms with Crippen molar-refractivity contribution in [1.29, 1.82) is 0 Å². The predicted octanol–water partition coefficient (Wildman–Crippen LogP) is 3.76. The van der Waals surface area contributed by atoms with Gasteiger partial charge in [-0.15, -0.1) is 11.3 Å². The van der Waals surface area contributed by atoms with Crippen LogP contribution in [0, 0.1) is 29.3 Å². The maximum Gasteiger partial charge on any atom is 0.272 e. The van der Waals surface area contributed by atoms with Crippen molar-refractivity contribution in [3.8, 4) is 28.8 Å². The quantitative estimate of drug-likeness (QED) is 0.376. The zero-order valence-electron chi connectivity index (χ0n) is 20.9. The Kier molecular flexibility index (Phi) is 6.57. The van der Waals surface area contributed by atoms with Crippen molar-refractivity contribution in [3.05, 3.63) is 70.6 Å². The molecule has 2 N–H and O–H groups in total. The molecule has 1 aliphatic heterocycles. The molecule has 200 valence electrons. The van der Waals surface area contributed by atoms with Gasteiger partial charge in [0.05, 0.1) is 16.9 Å². The van der Waals surface area contributed by atoms with Crippen LogP contribution in [0.3, 0.4) is 0 Å². The molecule has 5 rings (SSSR count). The highest BCUT2D eigenvalue weighted by molar-refractivity contribution is 7.15. The number of fused-ring (bicyclic) bond motifs is 2. The molecule has 2 amide bonds. The normalized spacial score (nSPS) is 15.3. The molecule has 2 aromatic carbocycles. The molecule has 0 bridgehead atoms. The third-order valence-electron chi connectivity index (χ3n) is 5.90. The van der Waals surface area contributed by atoms with E-state index in [4.69, 9.17) is 4.74 Å². The Morgan fingerprint density at radius 2 is 2.00 bits per heavy atom. The first-order valence-corrected chi connectivity index (χ1v) is 12.5. The molecular weight excluding hydrogens is 533 g/mol. The van der Waals surface area contributed by atoms with E-state index in [-0.39, 0.29) is 34.9 Å². The van der Waals surface area contributed by atoms with Gasteiger partial charge in [-0.2, -0.15) is 0 Å². The molecule has 0 spiro atoms. The number of amides is 2. The lowest BCUT2D eigenvalue weighted by atomic mass is 10.1. The molecule has 12 heteroatoms. The van der Waals surface area contributed by atoms with Crippen LogP contribution in [0.2, 0.25) is 0 Å². The molecule has 0 radical (unpaired) electrons. The van der Waals surface area contributed by atoms with Crippen molar-refractivity contribution >= 4 is 33.8 Å². The van der Waals surface area contributed by atoms with E-state index in [0.29, 0.717) is 10.7 Å². The van der Waals surface area contributed by atoms with Crippen LogP contribution in [0.4, 0.5) is 18.9 Å².